The van der Waals surface area contributed by atoms with Crippen molar-refractivity contribution in [2.24, 2.45) is 0 Å². The summed E-state index contributed by atoms with van der Waals surface area (Å²) in [4.78, 5) is 7.21. The van der Waals surface area contributed by atoms with Gasteiger partial charge in [0.25, 0.3) is 0 Å². The molecule has 0 amide bonds. The molecule has 0 N–H and O–H groups in total. The second-order valence-electron chi connectivity index (χ2n) is 5.81. The number of halogens is 2. The van der Waals surface area contributed by atoms with Gasteiger partial charge >= 0.3 is 0 Å². The highest BCUT2D eigenvalue weighted by atomic mass is 35.5. The number of hydrogen-bond donors (Lipinski definition) is 0. The molecule has 0 unspecified atom stereocenters. The van der Waals surface area contributed by atoms with Crippen molar-refractivity contribution in [2.75, 3.05) is 30.9 Å². The summed E-state index contributed by atoms with van der Waals surface area (Å²) in [5.74, 6) is 0.649. The van der Waals surface area contributed by atoms with E-state index in [1.54, 1.807) is 11.8 Å². The Balaban J connectivity index is 1.96. The van der Waals surface area contributed by atoms with Crippen molar-refractivity contribution in [3.05, 3.63) is 47.5 Å². The van der Waals surface area contributed by atoms with Gasteiger partial charge in [0.1, 0.15) is 0 Å². The summed E-state index contributed by atoms with van der Waals surface area (Å²) in [6, 6.07) is 15.1. The zero-order chi connectivity index (χ0) is 16.4. The van der Waals surface area contributed by atoms with E-state index < -0.39 is 0 Å². The SMILES string of the molecule is C[C@H](CN1c2ccccc2Sc2ccc(Cl)cc21)N(C)CCCl. The quantitative estimate of drug-likeness (QED) is 0.644. The monoisotopic (exact) mass is 366 g/mol. The average Bonchev–Trinajstić information content (AvgIpc) is 2.55. The van der Waals surface area contributed by atoms with Crippen LogP contribution in [0.2, 0.25) is 5.02 Å². The van der Waals surface area contributed by atoms with Crippen LogP contribution in [0.4, 0.5) is 11.4 Å². The number of benzene rings is 2. The van der Waals surface area contributed by atoms with E-state index in [4.69, 9.17) is 23.2 Å². The molecular formula is C18H20Cl2N2S. The van der Waals surface area contributed by atoms with Crippen LogP contribution in [0.3, 0.4) is 0 Å². The molecule has 2 aromatic carbocycles. The molecule has 0 spiro atoms. The van der Waals surface area contributed by atoms with E-state index in [9.17, 15) is 0 Å². The first-order valence-electron chi connectivity index (χ1n) is 7.70. The Morgan fingerprint density at radius 3 is 2.65 bits per heavy atom. The minimum Gasteiger partial charge on any atom is -0.338 e. The van der Waals surface area contributed by atoms with Gasteiger partial charge in [0, 0.05) is 39.8 Å². The number of nitrogens with zero attached hydrogens (tertiary/aromatic N) is 2. The summed E-state index contributed by atoms with van der Waals surface area (Å²) in [5.41, 5.74) is 2.44. The maximum atomic E-state index is 6.25. The van der Waals surface area contributed by atoms with Crippen molar-refractivity contribution < 1.29 is 0 Å². The molecule has 0 saturated heterocycles. The van der Waals surface area contributed by atoms with Crippen LogP contribution < -0.4 is 4.90 Å². The Hall–Kier alpha value is -0.870. The number of hydrogen-bond acceptors (Lipinski definition) is 3. The first-order chi connectivity index (χ1) is 11.1. The summed E-state index contributed by atoms with van der Waals surface area (Å²) < 4.78 is 0. The molecule has 1 aliphatic rings. The van der Waals surface area contributed by atoms with Crippen LogP contribution in [0.1, 0.15) is 6.92 Å². The average molecular weight is 367 g/mol. The second-order valence-corrected chi connectivity index (χ2v) is 7.71. The van der Waals surface area contributed by atoms with Crippen LogP contribution in [-0.2, 0) is 0 Å². The highest BCUT2D eigenvalue weighted by molar-refractivity contribution is 7.99. The molecule has 0 fully saturated rings. The number of alkyl halides is 1. The Morgan fingerprint density at radius 2 is 1.87 bits per heavy atom. The third kappa shape index (κ3) is 3.63. The first kappa shape index (κ1) is 17.0. The van der Waals surface area contributed by atoms with Crippen LogP contribution in [0.5, 0.6) is 0 Å². The molecule has 3 rings (SSSR count). The van der Waals surface area contributed by atoms with Gasteiger partial charge in [-0.15, -0.1) is 11.6 Å². The maximum Gasteiger partial charge on any atom is 0.0568 e. The molecule has 0 aromatic heterocycles. The predicted octanol–water partition coefficient (Wildman–Crippen LogP) is 5.50. The fourth-order valence-electron chi connectivity index (χ4n) is 2.76. The highest BCUT2D eigenvalue weighted by Gasteiger charge is 2.25. The molecule has 1 heterocycles. The van der Waals surface area contributed by atoms with E-state index in [1.807, 2.05) is 6.07 Å². The lowest BCUT2D eigenvalue weighted by Gasteiger charge is -2.36. The first-order valence-corrected chi connectivity index (χ1v) is 9.43. The van der Waals surface area contributed by atoms with Crippen LogP contribution in [0.25, 0.3) is 0 Å². The van der Waals surface area contributed by atoms with Gasteiger partial charge in [0.2, 0.25) is 0 Å². The van der Waals surface area contributed by atoms with Gasteiger partial charge in [-0.25, -0.2) is 0 Å². The predicted molar refractivity (Wildman–Crippen MR) is 102 cm³/mol. The fraction of sp³-hybridized carbons (Fsp3) is 0.333. The molecule has 2 nitrogen and oxygen atoms in total. The molecule has 2 aromatic rings. The lowest BCUT2D eigenvalue weighted by molar-refractivity contribution is 0.277. The van der Waals surface area contributed by atoms with Crippen LogP contribution in [-0.4, -0.2) is 37.0 Å². The highest BCUT2D eigenvalue weighted by Crippen LogP contribution is 2.48. The van der Waals surface area contributed by atoms with Gasteiger partial charge in [0.15, 0.2) is 0 Å². The van der Waals surface area contributed by atoms with Crippen molar-refractivity contribution in [1.82, 2.24) is 4.90 Å². The van der Waals surface area contributed by atoms with Gasteiger partial charge in [0.05, 0.1) is 11.4 Å². The van der Waals surface area contributed by atoms with Gasteiger partial charge in [-0.3, -0.25) is 0 Å². The third-order valence-electron chi connectivity index (χ3n) is 4.22. The smallest absolute Gasteiger partial charge is 0.0568 e. The number of likely N-dealkylation sites (N-methyl/N-ethyl adjacent to an activating group) is 1. The largest absolute Gasteiger partial charge is 0.338 e. The van der Waals surface area contributed by atoms with E-state index in [1.165, 1.54) is 21.2 Å². The number of anilines is 2. The fourth-order valence-corrected chi connectivity index (χ4v) is 4.27. The van der Waals surface area contributed by atoms with Crippen molar-refractivity contribution >= 4 is 46.3 Å². The molecule has 0 saturated carbocycles. The van der Waals surface area contributed by atoms with Gasteiger partial charge in [-0.1, -0.05) is 35.5 Å². The minimum absolute atomic E-state index is 0.386. The van der Waals surface area contributed by atoms with Crippen LogP contribution >= 0.6 is 35.0 Å². The number of para-hydroxylation sites is 1. The molecule has 23 heavy (non-hydrogen) atoms. The van der Waals surface area contributed by atoms with E-state index in [0.29, 0.717) is 11.9 Å². The maximum absolute atomic E-state index is 6.25. The van der Waals surface area contributed by atoms with Crippen molar-refractivity contribution in [1.29, 1.82) is 0 Å². The summed E-state index contributed by atoms with van der Waals surface area (Å²) in [6.45, 7) is 4.02. The minimum atomic E-state index is 0.386. The topological polar surface area (TPSA) is 6.48 Å². The van der Waals surface area contributed by atoms with Crippen LogP contribution in [0, 0.1) is 0 Å². The summed E-state index contributed by atoms with van der Waals surface area (Å²) in [7, 11) is 2.12. The van der Waals surface area contributed by atoms with E-state index in [2.05, 4.69) is 60.2 Å². The van der Waals surface area contributed by atoms with E-state index in [0.717, 1.165) is 18.1 Å². The molecule has 0 bridgehead atoms. The zero-order valence-corrected chi connectivity index (χ0v) is 15.6. The van der Waals surface area contributed by atoms with Gasteiger partial charge < -0.3 is 9.80 Å². The van der Waals surface area contributed by atoms with Crippen molar-refractivity contribution in [3.8, 4) is 0 Å². The molecule has 122 valence electrons. The lowest BCUT2D eigenvalue weighted by atomic mass is 10.2. The van der Waals surface area contributed by atoms with Crippen LogP contribution in [0.15, 0.2) is 52.3 Å². The summed E-state index contributed by atoms with van der Waals surface area (Å²) in [6.07, 6.45) is 0. The van der Waals surface area contributed by atoms with Gasteiger partial charge in [-0.2, -0.15) is 0 Å². The second kappa shape index (κ2) is 7.35. The summed E-state index contributed by atoms with van der Waals surface area (Å²) >= 11 is 13.9. The Kier molecular flexibility index (Phi) is 5.42. The van der Waals surface area contributed by atoms with Crippen molar-refractivity contribution in [3.63, 3.8) is 0 Å². The Morgan fingerprint density at radius 1 is 1.13 bits per heavy atom. The number of rotatable bonds is 5. The molecule has 1 aliphatic heterocycles. The Labute approximate surface area is 152 Å². The third-order valence-corrected chi connectivity index (χ3v) is 5.76. The van der Waals surface area contributed by atoms with E-state index in [-0.39, 0.29) is 0 Å². The van der Waals surface area contributed by atoms with E-state index >= 15 is 0 Å². The summed E-state index contributed by atoms with van der Waals surface area (Å²) in [5, 5.41) is 0.774. The molecule has 1 atom stereocenters. The Bertz CT molecular complexity index is 692. The standard InChI is InChI=1S/C18H20Cl2N2S/c1-13(21(2)10-9-19)12-22-15-5-3-4-6-17(15)23-18-8-7-14(20)11-16(18)22/h3-8,11,13H,9-10,12H2,1-2H3/t13-/m1/s1. The lowest BCUT2D eigenvalue weighted by Crippen LogP contribution is -2.40. The number of fused-ring (bicyclic) bond motifs is 2. The van der Waals surface area contributed by atoms with Crippen molar-refractivity contribution in [2.45, 2.75) is 22.8 Å². The molecule has 0 aliphatic carbocycles. The van der Waals surface area contributed by atoms with Gasteiger partial charge in [-0.05, 0) is 44.3 Å². The molecule has 5 heteroatoms. The normalized spacial score (nSPS) is 14.6. The molecule has 0 radical (unpaired) electrons. The molecular weight excluding hydrogens is 347 g/mol. The zero-order valence-electron chi connectivity index (χ0n) is 13.3.